The van der Waals surface area contributed by atoms with Gasteiger partial charge in [0.2, 0.25) is 0 Å². The number of rotatable bonds is 4. The third-order valence-electron chi connectivity index (χ3n) is 5.09. The van der Waals surface area contributed by atoms with Crippen molar-refractivity contribution < 1.29 is 4.39 Å². The van der Waals surface area contributed by atoms with Gasteiger partial charge in [-0.3, -0.25) is 4.90 Å². The predicted molar refractivity (Wildman–Crippen MR) is 85.1 cm³/mol. The zero-order valence-electron chi connectivity index (χ0n) is 12.7. The van der Waals surface area contributed by atoms with Crippen LogP contribution in [0.2, 0.25) is 0 Å². The molecule has 0 atom stereocenters. The first-order valence-electron chi connectivity index (χ1n) is 8.17. The van der Waals surface area contributed by atoms with E-state index < -0.39 is 0 Å². The van der Waals surface area contributed by atoms with E-state index in [1.165, 1.54) is 25.7 Å². The van der Waals surface area contributed by atoms with Gasteiger partial charge < -0.3 is 10.6 Å². The normalized spacial score (nSPS) is 22.7. The van der Waals surface area contributed by atoms with E-state index in [9.17, 15) is 4.39 Å². The van der Waals surface area contributed by atoms with Gasteiger partial charge in [-0.2, -0.15) is 0 Å². The monoisotopic (exact) mass is 291 g/mol. The van der Waals surface area contributed by atoms with E-state index >= 15 is 0 Å². The Kier molecular flexibility index (Phi) is 4.45. The Morgan fingerprint density at radius 1 is 1.05 bits per heavy atom. The van der Waals surface area contributed by atoms with E-state index in [1.54, 1.807) is 12.1 Å². The number of anilines is 1. The lowest BCUT2D eigenvalue weighted by atomic mass is 9.94. The van der Waals surface area contributed by atoms with E-state index in [-0.39, 0.29) is 11.4 Å². The van der Waals surface area contributed by atoms with Crippen LogP contribution in [0.5, 0.6) is 0 Å². The first-order chi connectivity index (χ1) is 10.2. The highest BCUT2D eigenvalue weighted by atomic mass is 19.1. The van der Waals surface area contributed by atoms with Gasteiger partial charge in [-0.1, -0.05) is 25.0 Å². The number of piperazine rings is 1. The molecule has 0 radical (unpaired) electrons. The van der Waals surface area contributed by atoms with Gasteiger partial charge in [-0.25, -0.2) is 4.39 Å². The molecule has 2 fully saturated rings. The maximum Gasteiger partial charge on any atom is 0.146 e. The predicted octanol–water partition coefficient (Wildman–Crippen LogP) is 2.61. The molecule has 1 heterocycles. The summed E-state index contributed by atoms with van der Waals surface area (Å²) in [4.78, 5) is 4.63. The van der Waals surface area contributed by atoms with E-state index in [1.807, 2.05) is 12.1 Å². The van der Waals surface area contributed by atoms with Crippen molar-refractivity contribution >= 4 is 5.69 Å². The number of para-hydroxylation sites is 1. The van der Waals surface area contributed by atoms with Crippen LogP contribution in [-0.4, -0.2) is 43.2 Å². The molecule has 2 N–H and O–H groups in total. The number of hydrogen-bond donors (Lipinski definition) is 1. The third kappa shape index (κ3) is 3.55. The van der Waals surface area contributed by atoms with Gasteiger partial charge in [0, 0.05) is 38.3 Å². The number of benzene rings is 1. The summed E-state index contributed by atoms with van der Waals surface area (Å²) in [7, 11) is 0. The van der Waals surface area contributed by atoms with Gasteiger partial charge in [-0.05, 0) is 31.4 Å². The molecule has 1 saturated carbocycles. The zero-order chi connectivity index (χ0) is 14.7. The summed E-state index contributed by atoms with van der Waals surface area (Å²) in [5.74, 6) is -0.113. The van der Waals surface area contributed by atoms with Gasteiger partial charge >= 0.3 is 0 Å². The van der Waals surface area contributed by atoms with Gasteiger partial charge in [0.15, 0.2) is 0 Å². The summed E-state index contributed by atoms with van der Waals surface area (Å²) >= 11 is 0. The minimum Gasteiger partial charge on any atom is -0.367 e. The SMILES string of the molecule is NC1(CCN2CCN(c3ccccc3F)CC2)CCCC1. The number of hydrogen-bond acceptors (Lipinski definition) is 3. The zero-order valence-corrected chi connectivity index (χ0v) is 12.7. The fourth-order valence-corrected chi connectivity index (χ4v) is 3.63. The Labute approximate surface area is 126 Å². The van der Waals surface area contributed by atoms with E-state index in [2.05, 4.69) is 9.80 Å². The van der Waals surface area contributed by atoms with E-state index in [4.69, 9.17) is 5.73 Å². The fourth-order valence-electron chi connectivity index (χ4n) is 3.63. The molecular weight excluding hydrogens is 265 g/mol. The minimum atomic E-state index is -0.113. The maximum atomic E-state index is 13.8. The first-order valence-corrected chi connectivity index (χ1v) is 8.17. The maximum absolute atomic E-state index is 13.8. The van der Waals surface area contributed by atoms with Crippen LogP contribution in [0.3, 0.4) is 0 Å². The second-order valence-corrected chi connectivity index (χ2v) is 6.60. The second kappa shape index (κ2) is 6.32. The molecule has 0 aromatic heterocycles. The molecule has 1 aromatic rings. The summed E-state index contributed by atoms with van der Waals surface area (Å²) in [5, 5.41) is 0. The molecule has 1 aromatic carbocycles. The average molecular weight is 291 g/mol. The highest BCUT2D eigenvalue weighted by Crippen LogP contribution is 2.30. The molecular formula is C17H26FN3. The van der Waals surface area contributed by atoms with Crippen molar-refractivity contribution in [2.45, 2.75) is 37.6 Å². The number of nitrogens with zero attached hydrogens (tertiary/aromatic N) is 2. The molecule has 0 spiro atoms. The Bertz CT molecular complexity index is 463. The Balaban J connectivity index is 1.48. The van der Waals surface area contributed by atoms with Gasteiger partial charge in [-0.15, -0.1) is 0 Å². The molecule has 2 aliphatic rings. The molecule has 1 aliphatic heterocycles. The van der Waals surface area contributed by atoms with Crippen molar-refractivity contribution in [2.24, 2.45) is 5.73 Å². The van der Waals surface area contributed by atoms with Crippen LogP contribution in [0.25, 0.3) is 0 Å². The van der Waals surface area contributed by atoms with Crippen molar-refractivity contribution in [1.29, 1.82) is 0 Å². The van der Waals surface area contributed by atoms with Crippen LogP contribution in [0.1, 0.15) is 32.1 Å². The average Bonchev–Trinajstić information content (AvgIpc) is 2.94. The number of halogens is 1. The summed E-state index contributed by atoms with van der Waals surface area (Å²) in [6.07, 6.45) is 6.05. The van der Waals surface area contributed by atoms with Crippen molar-refractivity contribution in [3.8, 4) is 0 Å². The molecule has 4 heteroatoms. The van der Waals surface area contributed by atoms with Crippen LogP contribution < -0.4 is 10.6 Å². The largest absolute Gasteiger partial charge is 0.367 e. The quantitative estimate of drug-likeness (QED) is 0.925. The van der Waals surface area contributed by atoms with Crippen molar-refractivity contribution in [3.63, 3.8) is 0 Å². The van der Waals surface area contributed by atoms with Gasteiger partial charge in [0.05, 0.1) is 5.69 Å². The van der Waals surface area contributed by atoms with Crippen LogP contribution in [0, 0.1) is 5.82 Å². The number of nitrogens with two attached hydrogens (primary N) is 1. The van der Waals surface area contributed by atoms with Crippen LogP contribution >= 0.6 is 0 Å². The standard InChI is InChI=1S/C17H26FN3/c18-15-5-1-2-6-16(15)21-13-11-20(12-14-21)10-9-17(19)7-3-4-8-17/h1-2,5-6H,3-4,7-14,19H2. The van der Waals surface area contributed by atoms with Crippen LogP contribution in [0.15, 0.2) is 24.3 Å². The van der Waals surface area contributed by atoms with E-state index in [0.29, 0.717) is 0 Å². The molecule has 1 saturated heterocycles. The second-order valence-electron chi connectivity index (χ2n) is 6.60. The van der Waals surface area contributed by atoms with Crippen LogP contribution in [-0.2, 0) is 0 Å². The van der Waals surface area contributed by atoms with Crippen molar-refractivity contribution in [2.75, 3.05) is 37.6 Å². The van der Waals surface area contributed by atoms with Crippen molar-refractivity contribution in [3.05, 3.63) is 30.1 Å². The minimum absolute atomic E-state index is 0.0860. The van der Waals surface area contributed by atoms with Crippen molar-refractivity contribution in [1.82, 2.24) is 4.90 Å². The molecule has 3 nitrogen and oxygen atoms in total. The molecule has 0 amide bonds. The third-order valence-corrected chi connectivity index (χ3v) is 5.09. The molecule has 116 valence electrons. The van der Waals surface area contributed by atoms with Gasteiger partial charge in [0.25, 0.3) is 0 Å². The molecule has 3 rings (SSSR count). The summed E-state index contributed by atoms with van der Waals surface area (Å²) < 4.78 is 13.8. The Morgan fingerprint density at radius 3 is 2.38 bits per heavy atom. The molecule has 1 aliphatic carbocycles. The molecule has 0 unspecified atom stereocenters. The lowest BCUT2D eigenvalue weighted by Gasteiger charge is -2.37. The summed E-state index contributed by atoms with van der Waals surface area (Å²) in [6.45, 7) is 4.90. The highest BCUT2D eigenvalue weighted by molar-refractivity contribution is 5.47. The smallest absolute Gasteiger partial charge is 0.146 e. The molecule has 0 bridgehead atoms. The first kappa shape index (κ1) is 14.8. The Hall–Kier alpha value is -1.13. The fraction of sp³-hybridized carbons (Fsp3) is 0.647. The lowest BCUT2D eigenvalue weighted by Crippen LogP contribution is -2.49. The van der Waals surface area contributed by atoms with Crippen LogP contribution in [0.4, 0.5) is 10.1 Å². The Morgan fingerprint density at radius 2 is 1.71 bits per heavy atom. The van der Waals surface area contributed by atoms with Gasteiger partial charge in [0.1, 0.15) is 5.82 Å². The highest BCUT2D eigenvalue weighted by Gasteiger charge is 2.30. The summed E-state index contributed by atoms with van der Waals surface area (Å²) in [6, 6.07) is 7.07. The topological polar surface area (TPSA) is 32.5 Å². The summed E-state index contributed by atoms with van der Waals surface area (Å²) in [5.41, 5.74) is 7.25. The van der Waals surface area contributed by atoms with E-state index in [0.717, 1.165) is 44.8 Å². The molecule has 21 heavy (non-hydrogen) atoms. The lowest BCUT2D eigenvalue weighted by molar-refractivity contribution is 0.227.